The Labute approximate surface area is 211 Å². The van der Waals surface area contributed by atoms with Crippen LogP contribution in [0.2, 0.25) is 0 Å². The van der Waals surface area contributed by atoms with Gasteiger partial charge in [-0.15, -0.1) is 0 Å². The Kier molecular flexibility index (Phi) is 8.44. The van der Waals surface area contributed by atoms with Gasteiger partial charge in [0.05, 0.1) is 0 Å². The molecule has 0 atom stereocenters. The van der Waals surface area contributed by atoms with Crippen molar-refractivity contribution in [2.45, 2.75) is 127 Å². The smallest absolute Gasteiger partial charge is 0.127 e. The van der Waals surface area contributed by atoms with Gasteiger partial charge in [0.25, 0.3) is 0 Å². The minimum atomic E-state index is -0.244. The standard InChI is InChI=1S/C33H52O/c1-14-24-26(21-30(3,4)5)29(34-32(9,10)11)27(22-31(6,7)8)25(15-2)28(24)33(12,13)23-19-17-16-18-20-23/h16-20H,14-15,21-22H2,1-13H3. The van der Waals surface area contributed by atoms with Crippen LogP contribution in [-0.2, 0) is 31.1 Å². The van der Waals surface area contributed by atoms with Crippen molar-refractivity contribution >= 4 is 0 Å². The fraction of sp³-hybridized carbons (Fsp3) is 0.636. The molecule has 2 aromatic carbocycles. The van der Waals surface area contributed by atoms with E-state index in [0.29, 0.717) is 0 Å². The summed E-state index contributed by atoms with van der Waals surface area (Å²) in [5, 5.41) is 0. The van der Waals surface area contributed by atoms with E-state index in [-0.39, 0.29) is 21.8 Å². The fourth-order valence-corrected chi connectivity index (χ4v) is 5.34. The molecule has 0 N–H and O–H groups in total. The lowest BCUT2D eigenvalue weighted by Gasteiger charge is -2.38. The van der Waals surface area contributed by atoms with Gasteiger partial charge in [0.2, 0.25) is 0 Å². The predicted octanol–water partition coefficient (Wildman–Crippen LogP) is 9.49. The van der Waals surface area contributed by atoms with E-state index in [1.807, 2.05) is 0 Å². The molecule has 0 amide bonds. The summed E-state index contributed by atoms with van der Waals surface area (Å²) in [6, 6.07) is 11.1. The molecule has 0 saturated heterocycles. The van der Waals surface area contributed by atoms with Crippen LogP contribution < -0.4 is 4.74 Å². The number of hydrogen-bond donors (Lipinski definition) is 0. The zero-order chi connectivity index (χ0) is 26.1. The highest BCUT2D eigenvalue weighted by Crippen LogP contribution is 2.47. The summed E-state index contributed by atoms with van der Waals surface area (Å²) in [6.45, 7) is 30.2. The van der Waals surface area contributed by atoms with Gasteiger partial charge in [-0.05, 0) is 90.7 Å². The zero-order valence-corrected chi connectivity index (χ0v) is 24.6. The minimum Gasteiger partial charge on any atom is -0.488 e. The highest BCUT2D eigenvalue weighted by Gasteiger charge is 2.36. The summed E-state index contributed by atoms with van der Waals surface area (Å²) in [4.78, 5) is 0. The number of ether oxygens (including phenoxy) is 1. The topological polar surface area (TPSA) is 9.23 Å². The highest BCUT2D eigenvalue weighted by atomic mass is 16.5. The molecule has 0 aliphatic heterocycles. The van der Waals surface area contributed by atoms with Crippen LogP contribution in [0.4, 0.5) is 0 Å². The molecule has 0 heterocycles. The van der Waals surface area contributed by atoms with Crippen LogP contribution in [0.1, 0.15) is 123 Å². The molecule has 0 spiro atoms. The van der Waals surface area contributed by atoms with E-state index in [4.69, 9.17) is 4.74 Å². The van der Waals surface area contributed by atoms with E-state index in [9.17, 15) is 0 Å². The molecule has 0 aliphatic carbocycles. The molecule has 1 heteroatoms. The summed E-state index contributed by atoms with van der Waals surface area (Å²) in [6.07, 6.45) is 4.06. The minimum absolute atomic E-state index is 0.0858. The first-order valence-electron chi connectivity index (χ1n) is 13.4. The molecule has 2 aromatic rings. The summed E-state index contributed by atoms with van der Waals surface area (Å²) >= 11 is 0. The second-order valence-corrected chi connectivity index (χ2v) is 14.0. The number of benzene rings is 2. The van der Waals surface area contributed by atoms with Crippen LogP contribution in [0.15, 0.2) is 30.3 Å². The molecule has 190 valence electrons. The largest absolute Gasteiger partial charge is 0.488 e. The van der Waals surface area contributed by atoms with Crippen LogP contribution in [0.3, 0.4) is 0 Å². The molecule has 0 unspecified atom stereocenters. The second kappa shape index (κ2) is 10.1. The molecule has 1 nitrogen and oxygen atoms in total. The number of rotatable bonds is 7. The van der Waals surface area contributed by atoms with Gasteiger partial charge in [-0.1, -0.05) is 99.6 Å². The molecule has 0 bridgehead atoms. The van der Waals surface area contributed by atoms with Gasteiger partial charge in [-0.2, -0.15) is 0 Å². The lowest BCUT2D eigenvalue weighted by atomic mass is 9.68. The van der Waals surface area contributed by atoms with Gasteiger partial charge in [0.15, 0.2) is 0 Å². The Bertz CT molecular complexity index is 912. The molecular weight excluding hydrogens is 412 g/mol. The van der Waals surface area contributed by atoms with Crippen molar-refractivity contribution < 1.29 is 4.74 Å². The Balaban J connectivity index is 3.11. The quantitative estimate of drug-likeness (QED) is 0.396. The van der Waals surface area contributed by atoms with Crippen molar-refractivity contribution in [2.24, 2.45) is 10.8 Å². The van der Waals surface area contributed by atoms with Crippen molar-refractivity contribution in [1.29, 1.82) is 0 Å². The van der Waals surface area contributed by atoms with Gasteiger partial charge >= 0.3 is 0 Å². The Morgan fingerprint density at radius 1 is 0.588 bits per heavy atom. The molecule has 0 fully saturated rings. The van der Waals surface area contributed by atoms with E-state index in [2.05, 4.69) is 120 Å². The van der Waals surface area contributed by atoms with Crippen molar-refractivity contribution in [1.82, 2.24) is 0 Å². The average Bonchev–Trinajstić information content (AvgIpc) is 2.67. The Hall–Kier alpha value is -1.76. The summed E-state index contributed by atoms with van der Waals surface area (Å²) < 4.78 is 6.91. The average molecular weight is 465 g/mol. The molecule has 34 heavy (non-hydrogen) atoms. The molecule has 0 saturated carbocycles. The third-order valence-corrected chi connectivity index (χ3v) is 6.53. The first kappa shape index (κ1) is 28.5. The maximum atomic E-state index is 6.91. The summed E-state index contributed by atoms with van der Waals surface area (Å²) in [5.74, 6) is 1.17. The van der Waals surface area contributed by atoms with Gasteiger partial charge in [-0.3, -0.25) is 0 Å². The van der Waals surface area contributed by atoms with Crippen LogP contribution in [-0.4, -0.2) is 5.60 Å². The first-order chi connectivity index (χ1) is 15.4. The Morgan fingerprint density at radius 3 is 1.32 bits per heavy atom. The van der Waals surface area contributed by atoms with E-state index in [1.165, 1.54) is 39.1 Å². The summed E-state index contributed by atoms with van der Waals surface area (Å²) in [7, 11) is 0. The van der Waals surface area contributed by atoms with Crippen molar-refractivity contribution in [3.8, 4) is 5.75 Å². The monoisotopic (exact) mass is 464 g/mol. The van der Waals surface area contributed by atoms with E-state index < -0.39 is 0 Å². The third-order valence-electron chi connectivity index (χ3n) is 6.53. The predicted molar refractivity (Wildman–Crippen MR) is 150 cm³/mol. The lowest BCUT2D eigenvalue weighted by Crippen LogP contribution is -2.30. The van der Waals surface area contributed by atoms with Gasteiger partial charge in [0, 0.05) is 5.41 Å². The van der Waals surface area contributed by atoms with Crippen LogP contribution in [0.5, 0.6) is 5.75 Å². The number of hydrogen-bond acceptors (Lipinski definition) is 1. The van der Waals surface area contributed by atoms with Crippen molar-refractivity contribution in [3.63, 3.8) is 0 Å². The maximum absolute atomic E-state index is 6.91. The molecular formula is C33H52O. The van der Waals surface area contributed by atoms with Crippen LogP contribution in [0.25, 0.3) is 0 Å². The van der Waals surface area contributed by atoms with Crippen LogP contribution in [0, 0.1) is 10.8 Å². The van der Waals surface area contributed by atoms with E-state index >= 15 is 0 Å². The SMILES string of the molecule is CCc1c(CC(C)(C)C)c(OC(C)(C)C)c(CC(C)(C)C)c(CC)c1C(C)(C)c1ccccc1. The van der Waals surface area contributed by atoms with Gasteiger partial charge < -0.3 is 4.74 Å². The van der Waals surface area contributed by atoms with E-state index in [0.717, 1.165) is 25.7 Å². The molecule has 0 radical (unpaired) electrons. The highest BCUT2D eigenvalue weighted by molar-refractivity contribution is 5.61. The van der Waals surface area contributed by atoms with E-state index in [1.54, 1.807) is 0 Å². The Morgan fingerprint density at radius 2 is 1.00 bits per heavy atom. The molecule has 0 aliphatic rings. The van der Waals surface area contributed by atoms with Crippen LogP contribution >= 0.6 is 0 Å². The normalized spacial score (nSPS) is 13.3. The van der Waals surface area contributed by atoms with Gasteiger partial charge in [-0.25, -0.2) is 0 Å². The molecule has 2 rings (SSSR count). The third kappa shape index (κ3) is 6.89. The fourth-order valence-electron chi connectivity index (χ4n) is 5.34. The molecule has 0 aromatic heterocycles. The van der Waals surface area contributed by atoms with Crippen molar-refractivity contribution in [3.05, 3.63) is 63.7 Å². The second-order valence-electron chi connectivity index (χ2n) is 14.0. The lowest BCUT2D eigenvalue weighted by molar-refractivity contribution is 0.125. The first-order valence-corrected chi connectivity index (χ1v) is 13.4. The zero-order valence-electron chi connectivity index (χ0n) is 24.6. The van der Waals surface area contributed by atoms with Crippen molar-refractivity contribution in [2.75, 3.05) is 0 Å². The maximum Gasteiger partial charge on any atom is 0.127 e. The summed E-state index contributed by atoms with van der Waals surface area (Å²) in [5.41, 5.74) is 8.77. The van der Waals surface area contributed by atoms with Gasteiger partial charge in [0.1, 0.15) is 11.4 Å².